The van der Waals surface area contributed by atoms with Crippen molar-refractivity contribution in [3.8, 4) is 0 Å². The van der Waals surface area contributed by atoms with Gasteiger partial charge in [0, 0.05) is 43.7 Å². The fourth-order valence-electron chi connectivity index (χ4n) is 3.14. The molecule has 0 radical (unpaired) electrons. The number of nitrogens with one attached hydrogen (secondary N) is 2. The van der Waals surface area contributed by atoms with Crippen LogP contribution in [-0.4, -0.2) is 40.0 Å². The van der Waals surface area contributed by atoms with E-state index in [4.69, 9.17) is 0 Å². The van der Waals surface area contributed by atoms with Gasteiger partial charge >= 0.3 is 0 Å². The van der Waals surface area contributed by atoms with Gasteiger partial charge in [0.2, 0.25) is 5.91 Å². The van der Waals surface area contributed by atoms with Crippen LogP contribution in [0, 0.1) is 0 Å². The largest absolute Gasteiger partial charge is 0.351 e. The van der Waals surface area contributed by atoms with Crippen molar-refractivity contribution in [2.24, 2.45) is 0 Å². The Morgan fingerprint density at radius 1 is 1.28 bits per heavy atom. The van der Waals surface area contributed by atoms with Crippen molar-refractivity contribution in [1.29, 1.82) is 0 Å². The molecule has 2 N–H and O–H groups in total. The van der Waals surface area contributed by atoms with Gasteiger partial charge in [-0.3, -0.25) is 14.7 Å². The number of carbonyl (C=O) groups is 2. The standard InChI is InChI=1S/C19H24N4O2/c1-2-17(24)23-12-10-16-15(13-23)18(22-21-16)19(25)20-11-6-9-14-7-4-3-5-8-14/h3-5,7-8H,2,6,9-13H2,1H3,(H,20,25)(H,21,22). The Morgan fingerprint density at radius 2 is 2.08 bits per heavy atom. The van der Waals surface area contributed by atoms with E-state index < -0.39 is 0 Å². The Hall–Kier alpha value is -2.63. The van der Waals surface area contributed by atoms with Crippen LogP contribution in [0.5, 0.6) is 0 Å². The smallest absolute Gasteiger partial charge is 0.272 e. The van der Waals surface area contributed by atoms with E-state index in [1.54, 1.807) is 4.90 Å². The second kappa shape index (κ2) is 7.96. The van der Waals surface area contributed by atoms with Gasteiger partial charge in [-0.2, -0.15) is 5.10 Å². The van der Waals surface area contributed by atoms with E-state index in [1.807, 2.05) is 25.1 Å². The van der Waals surface area contributed by atoms with Crippen LogP contribution in [0.3, 0.4) is 0 Å². The first-order valence-corrected chi connectivity index (χ1v) is 8.85. The van der Waals surface area contributed by atoms with Gasteiger partial charge in [0.25, 0.3) is 5.91 Å². The molecule has 132 valence electrons. The molecule has 0 saturated carbocycles. The molecule has 1 aliphatic heterocycles. The maximum atomic E-state index is 12.4. The molecular weight excluding hydrogens is 316 g/mol. The molecule has 0 spiro atoms. The van der Waals surface area contributed by atoms with Crippen molar-refractivity contribution in [3.63, 3.8) is 0 Å². The molecule has 0 aliphatic carbocycles. The average molecular weight is 340 g/mol. The molecule has 1 aliphatic rings. The Kier molecular flexibility index (Phi) is 5.48. The van der Waals surface area contributed by atoms with E-state index in [-0.39, 0.29) is 11.8 Å². The number of carbonyl (C=O) groups excluding carboxylic acids is 2. The van der Waals surface area contributed by atoms with Crippen molar-refractivity contribution in [2.75, 3.05) is 13.1 Å². The quantitative estimate of drug-likeness (QED) is 0.790. The van der Waals surface area contributed by atoms with Crippen molar-refractivity contribution in [2.45, 2.75) is 39.2 Å². The van der Waals surface area contributed by atoms with E-state index in [0.717, 1.165) is 30.5 Å². The van der Waals surface area contributed by atoms with Crippen LogP contribution in [-0.2, 0) is 24.2 Å². The number of aromatic nitrogens is 2. The first-order valence-electron chi connectivity index (χ1n) is 8.85. The number of amides is 2. The summed E-state index contributed by atoms with van der Waals surface area (Å²) in [5, 5.41) is 10.1. The zero-order valence-electron chi connectivity index (χ0n) is 14.5. The minimum atomic E-state index is -0.170. The fraction of sp³-hybridized carbons (Fsp3) is 0.421. The predicted octanol–water partition coefficient (Wildman–Crippen LogP) is 2.07. The summed E-state index contributed by atoms with van der Waals surface area (Å²) in [5.74, 6) is -0.0579. The molecule has 2 amide bonds. The Bertz CT molecular complexity index is 739. The van der Waals surface area contributed by atoms with Crippen molar-refractivity contribution in [1.82, 2.24) is 20.4 Å². The number of H-pyrrole nitrogens is 1. The predicted molar refractivity (Wildman–Crippen MR) is 95.1 cm³/mol. The fourth-order valence-corrected chi connectivity index (χ4v) is 3.14. The van der Waals surface area contributed by atoms with Gasteiger partial charge in [-0.25, -0.2) is 0 Å². The minimum absolute atomic E-state index is 0.112. The number of rotatable bonds is 6. The number of aryl methyl sites for hydroxylation is 1. The lowest BCUT2D eigenvalue weighted by Crippen LogP contribution is -2.36. The summed E-state index contributed by atoms with van der Waals surface area (Å²) in [6.07, 6.45) is 3.00. The molecule has 0 fully saturated rings. The molecular formula is C19H24N4O2. The topological polar surface area (TPSA) is 78.1 Å². The van der Waals surface area contributed by atoms with Gasteiger partial charge in [0.15, 0.2) is 5.69 Å². The first-order chi connectivity index (χ1) is 12.2. The zero-order valence-corrected chi connectivity index (χ0v) is 14.5. The van der Waals surface area contributed by atoms with Crippen molar-refractivity contribution < 1.29 is 9.59 Å². The van der Waals surface area contributed by atoms with Crippen molar-refractivity contribution in [3.05, 3.63) is 52.8 Å². The Labute approximate surface area is 147 Å². The van der Waals surface area contributed by atoms with Crippen LogP contribution in [0.2, 0.25) is 0 Å². The Morgan fingerprint density at radius 3 is 2.84 bits per heavy atom. The number of hydrogen-bond acceptors (Lipinski definition) is 3. The van der Waals surface area contributed by atoms with Crippen LogP contribution in [0.4, 0.5) is 0 Å². The average Bonchev–Trinajstić information content (AvgIpc) is 3.08. The lowest BCUT2D eigenvalue weighted by molar-refractivity contribution is -0.131. The van der Waals surface area contributed by atoms with E-state index in [0.29, 0.717) is 31.7 Å². The summed E-state index contributed by atoms with van der Waals surface area (Å²) in [6.45, 7) is 3.60. The summed E-state index contributed by atoms with van der Waals surface area (Å²) >= 11 is 0. The number of benzene rings is 1. The molecule has 0 bridgehead atoms. The number of hydrogen-bond donors (Lipinski definition) is 2. The molecule has 0 unspecified atom stereocenters. The highest BCUT2D eigenvalue weighted by atomic mass is 16.2. The number of nitrogens with zero attached hydrogens (tertiary/aromatic N) is 2. The molecule has 0 saturated heterocycles. The summed E-state index contributed by atoms with van der Waals surface area (Å²) in [6, 6.07) is 10.2. The van der Waals surface area contributed by atoms with Gasteiger partial charge in [-0.1, -0.05) is 37.3 Å². The summed E-state index contributed by atoms with van der Waals surface area (Å²) in [4.78, 5) is 26.2. The molecule has 1 aromatic heterocycles. The number of fused-ring (bicyclic) bond motifs is 1. The minimum Gasteiger partial charge on any atom is -0.351 e. The lowest BCUT2D eigenvalue weighted by atomic mass is 10.0. The molecule has 6 heteroatoms. The second-order valence-corrected chi connectivity index (χ2v) is 6.29. The highest BCUT2D eigenvalue weighted by Gasteiger charge is 2.26. The van der Waals surface area contributed by atoms with Gasteiger partial charge < -0.3 is 10.2 Å². The third kappa shape index (κ3) is 4.07. The normalized spacial score (nSPS) is 13.4. The number of aromatic amines is 1. The SMILES string of the molecule is CCC(=O)N1CCc2[nH]nc(C(=O)NCCCc3ccccc3)c2C1. The molecule has 3 rings (SSSR count). The van der Waals surface area contributed by atoms with Gasteiger partial charge in [0.1, 0.15) is 0 Å². The van der Waals surface area contributed by atoms with Crippen LogP contribution >= 0.6 is 0 Å². The maximum Gasteiger partial charge on any atom is 0.272 e. The van der Waals surface area contributed by atoms with Gasteiger partial charge in [-0.15, -0.1) is 0 Å². The monoisotopic (exact) mass is 340 g/mol. The van der Waals surface area contributed by atoms with Crippen LogP contribution in [0.25, 0.3) is 0 Å². The highest BCUT2D eigenvalue weighted by Crippen LogP contribution is 2.20. The van der Waals surface area contributed by atoms with Gasteiger partial charge in [0.05, 0.1) is 0 Å². The second-order valence-electron chi connectivity index (χ2n) is 6.29. The molecule has 0 atom stereocenters. The van der Waals surface area contributed by atoms with Crippen LogP contribution in [0.1, 0.15) is 47.1 Å². The lowest BCUT2D eigenvalue weighted by Gasteiger charge is -2.26. The third-order valence-corrected chi connectivity index (χ3v) is 4.57. The highest BCUT2D eigenvalue weighted by molar-refractivity contribution is 5.94. The van der Waals surface area contributed by atoms with Crippen LogP contribution < -0.4 is 5.32 Å². The summed E-state index contributed by atoms with van der Waals surface area (Å²) in [7, 11) is 0. The van der Waals surface area contributed by atoms with Crippen molar-refractivity contribution >= 4 is 11.8 Å². The molecule has 1 aromatic carbocycles. The molecule has 25 heavy (non-hydrogen) atoms. The zero-order chi connectivity index (χ0) is 17.6. The molecule has 2 aromatic rings. The van der Waals surface area contributed by atoms with Gasteiger partial charge in [-0.05, 0) is 18.4 Å². The first kappa shape index (κ1) is 17.2. The van der Waals surface area contributed by atoms with E-state index >= 15 is 0 Å². The van der Waals surface area contributed by atoms with E-state index in [9.17, 15) is 9.59 Å². The van der Waals surface area contributed by atoms with E-state index in [1.165, 1.54) is 5.56 Å². The Balaban J connectivity index is 1.55. The van der Waals surface area contributed by atoms with E-state index in [2.05, 4.69) is 27.6 Å². The van der Waals surface area contributed by atoms with Crippen LogP contribution in [0.15, 0.2) is 30.3 Å². The summed E-state index contributed by atoms with van der Waals surface area (Å²) in [5.41, 5.74) is 3.51. The molecule has 6 nitrogen and oxygen atoms in total. The molecule has 2 heterocycles. The third-order valence-electron chi connectivity index (χ3n) is 4.57. The maximum absolute atomic E-state index is 12.4. The summed E-state index contributed by atoms with van der Waals surface area (Å²) < 4.78 is 0.